The molecule has 2 saturated heterocycles. The van der Waals surface area contributed by atoms with Crippen LogP contribution in [-0.4, -0.2) is 35.3 Å². The first-order valence-corrected chi connectivity index (χ1v) is 7.67. The first kappa shape index (κ1) is 14.5. The maximum absolute atomic E-state index is 11.5. The smallest absolute Gasteiger partial charge is 0.230 e. The molecule has 1 aromatic heterocycles. The average Bonchev–Trinajstić information content (AvgIpc) is 3.07. The highest BCUT2D eigenvalue weighted by Crippen LogP contribution is 2.40. The van der Waals surface area contributed by atoms with Crippen molar-refractivity contribution >= 4 is 5.91 Å². The Morgan fingerprint density at radius 2 is 2.10 bits per heavy atom. The predicted octanol–water partition coefficient (Wildman–Crippen LogP) is 1.98. The van der Waals surface area contributed by atoms with Gasteiger partial charge in [0.15, 0.2) is 5.82 Å². The molecule has 2 aliphatic heterocycles. The monoisotopic (exact) mass is 293 g/mol. The van der Waals surface area contributed by atoms with Crippen molar-refractivity contribution in [3.8, 4) is 0 Å². The van der Waals surface area contributed by atoms with Crippen LogP contribution in [0.4, 0.5) is 0 Å². The van der Waals surface area contributed by atoms with Crippen LogP contribution in [0.25, 0.3) is 0 Å². The van der Waals surface area contributed by atoms with Crippen LogP contribution >= 0.6 is 0 Å². The molecule has 6 heteroatoms. The maximum atomic E-state index is 11.5. The number of nitrogens with one attached hydrogen (secondary N) is 1. The van der Waals surface area contributed by atoms with E-state index in [-0.39, 0.29) is 29.3 Å². The lowest BCUT2D eigenvalue weighted by Gasteiger charge is -2.29. The number of piperidine rings is 1. The summed E-state index contributed by atoms with van der Waals surface area (Å²) in [5.41, 5.74) is 0.0483. The van der Waals surface area contributed by atoms with Crippen LogP contribution in [-0.2, 0) is 9.53 Å². The van der Waals surface area contributed by atoms with E-state index in [9.17, 15) is 4.79 Å². The van der Waals surface area contributed by atoms with E-state index in [0.717, 1.165) is 25.3 Å². The molecule has 1 unspecified atom stereocenters. The van der Waals surface area contributed by atoms with Crippen molar-refractivity contribution in [1.29, 1.82) is 0 Å². The lowest BCUT2D eigenvalue weighted by Crippen LogP contribution is -2.32. The molecular weight excluding hydrogens is 270 g/mol. The quantitative estimate of drug-likeness (QED) is 0.902. The van der Waals surface area contributed by atoms with E-state index in [1.54, 1.807) is 0 Å². The van der Waals surface area contributed by atoms with Crippen molar-refractivity contribution in [3.63, 3.8) is 0 Å². The van der Waals surface area contributed by atoms with Crippen LogP contribution in [0.5, 0.6) is 0 Å². The number of nitrogens with zero attached hydrogens (tertiary/aromatic N) is 2. The Morgan fingerprint density at radius 1 is 1.29 bits per heavy atom. The molecule has 3 rings (SSSR count). The molecule has 6 nitrogen and oxygen atoms in total. The molecule has 0 radical (unpaired) electrons. The van der Waals surface area contributed by atoms with Gasteiger partial charge < -0.3 is 14.6 Å². The van der Waals surface area contributed by atoms with Gasteiger partial charge in [-0.3, -0.25) is 4.79 Å². The third kappa shape index (κ3) is 2.95. The first-order chi connectivity index (χ1) is 9.95. The lowest BCUT2D eigenvalue weighted by atomic mass is 9.81. The second-order valence-electron chi connectivity index (χ2n) is 7.08. The van der Waals surface area contributed by atoms with Gasteiger partial charge in [0, 0.05) is 25.5 Å². The highest BCUT2D eigenvalue weighted by Gasteiger charge is 2.41. The molecule has 0 bridgehead atoms. The summed E-state index contributed by atoms with van der Waals surface area (Å²) in [6, 6.07) is 0. The SMILES string of the molecule is CC(C)(C)[C@H]1OCC[C@@H]1c1noc(C2CCNC(=O)C2)n1. The van der Waals surface area contributed by atoms with Gasteiger partial charge in [-0.25, -0.2) is 0 Å². The van der Waals surface area contributed by atoms with Gasteiger partial charge in [-0.05, 0) is 18.3 Å². The summed E-state index contributed by atoms with van der Waals surface area (Å²) in [7, 11) is 0. The Morgan fingerprint density at radius 3 is 2.81 bits per heavy atom. The minimum atomic E-state index is 0.0483. The van der Waals surface area contributed by atoms with Gasteiger partial charge in [0.2, 0.25) is 11.8 Å². The number of carbonyl (C=O) groups excluding carboxylic acids is 1. The Balaban J connectivity index is 1.77. The van der Waals surface area contributed by atoms with Crippen LogP contribution in [0.3, 0.4) is 0 Å². The Kier molecular flexibility index (Phi) is 3.73. The molecule has 1 amide bonds. The predicted molar refractivity (Wildman–Crippen MR) is 75.8 cm³/mol. The number of hydrogen-bond acceptors (Lipinski definition) is 5. The second-order valence-corrected chi connectivity index (χ2v) is 7.08. The summed E-state index contributed by atoms with van der Waals surface area (Å²) in [6.45, 7) is 7.92. The van der Waals surface area contributed by atoms with Gasteiger partial charge in [0.25, 0.3) is 0 Å². The number of rotatable bonds is 2. The molecule has 3 heterocycles. The van der Waals surface area contributed by atoms with E-state index < -0.39 is 0 Å². The summed E-state index contributed by atoms with van der Waals surface area (Å²) in [5, 5.41) is 6.99. The largest absolute Gasteiger partial charge is 0.377 e. The van der Waals surface area contributed by atoms with Crippen LogP contribution in [0.2, 0.25) is 0 Å². The summed E-state index contributed by atoms with van der Waals surface area (Å²) < 4.78 is 11.3. The zero-order chi connectivity index (χ0) is 15.0. The molecule has 2 aliphatic rings. The van der Waals surface area contributed by atoms with Gasteiger partial charge in [-0.15, -0.1) is 0 Å². The van der Waals surface area contributed by atoms with E-state index in [4.69, 9.17) is 9.26 Å². The van der Waals surface area contributed by atoms with Crippen LogP contribution in [0.15, 0.2) is 4.52 Å². The maximum Gasteiger partial charge on any atom is 0.230 e. The fourth-order valence-corrected chi connectivity index (χ4v) is 3.27. The van der Waals surface area contributed by atoms with Gasteiger partial charge in [0.05, 0.1) is 12.0 Å². The van der Waals surface area contributed by atoms with Crippen LogP contribution in [0, 0.1) is 5.41 Å². The van der Waals surface area contributed by atoms with E-state index in [0.29, 0.717) is 18.9 Å². The third-order valence-electron chi connectivity index (χ3n) is 4.33. The van der Waals surface area contributed by atoms with Crippen molar-refractivity contribution in [2.45, 2.75) is 58.0 Å². The van der Waals surface area contributed by atoms with Crippen molar-refractivity contribution < 1.29 is 14.1 Å². The highest BCUT2D eigenvalue weighted by molar-refractivity contribution is 5.77. The van der Waals surface area contributed by atoms with Crippen molar-refractivity contribution in [2.24, 2.45) is 5.41 Å². The number of carbonyl (C=O) groups is 1. The Bertz CT molecular complexity index is 520. The number of hydrogen-bond donors (Lipinski definition) is 1. The number of ether oxygens (including phenoxy) is 1. The molecule has 116 valence electrons. The fraction of sp³-hybridized carbons (Fsp3) is 0.800. The third-order valence-corrected chi connectivity index (χ3v) is 4.33. The summed E-state index contributed by atoms with van der Waals surface area (Å²) in [5.74, 6) is 1.62. The number of amides is 1. The van der Waals surface area contributed by atoms with Gasteiger partial charge in [0.1, 0.15) is 0 Å². The molecule has 21 heavy (non-hydrogen) atoms. The van der Waals surface area contributed by atoms with Crippen molar-refractivity contribution in [2.75, 3.05) is 13.2 Å². The zero-order valence-electron chi connectivity index (χ0n) is 12.9. The molecule has 0 aliphatic carbocycles. The topological polar surface area (TPSA) is 77.3 Å². The molecule has 1 aromatic rings. The van der Waals surface area contributed by atoms with Crippen molar-refractivity contribution in [3.05, 3.63) is 11.7 Å². The standard InChI is InChI=1S/C15H23N3O3/c1-15(2,3)12-10(5-7-20-12)13-17-14(21-18-13)9-4-6-16-11(19)8-9/h9-10,12H,4-8H2,1-3H3,(H,16,19)/t9?,10-,12-/m0/s1. The van der Waals surface area contributed by atoms with Gasteiger partial charge >= 0.3 is 0 Å². The average molecular weight is 293 g/mol. The highest BCUT2D eigenvalue weighted by atomic mass is 16.5. The molecule has 0 saturated carbocycles. The Hall–Kier alpha value is -1.43. The number of aromatic nitrogens is 2. The zero-order valence-corrected chi connectivity index (χ0v) is 12.9. The van der Waals surface area contributed by atoms with Gasteiger partial charge in [-0.2, -0.15) is 4.98 Å². The van der Waals surface area contributed by atoms with E-state index in [2.05, 4.69) is 36.2 Å². The fourth-order valence-electron chi connectivity index (χ4n) is 3.27. The molecule has 3 atom stereocenters. The minimum absolute atomic E-state index is 0.0483. The summed E-state index contributed by atoms with van der Waals surface area (Å²) in [6.07, 6.45) is 2.33. The minimum Gasteiger partial charge on any atom is -0.377 e. The van der Waals surface area contributed by atoms with E-state index >= 15 is 0 Å². The summed E-state index contributed by atoms with van der Waals surface area (Å²) in [4.78, 5) is 16.0. The van der Waals surface area contributed by atoms with E-state index in [1.807, 2.05) is 0 Å². The molecule has 0 aromatic carbocycles. The molecule has 2 fully saturated rings. The van der Waals surface area contributed by atoms with E-state index in [1.165, 1.54) is 0 Å². The molecular formula is C15H23N3O3. The van der Waals surface area contributed by atoms with Gasteiger partial charge in [-0.1, -0.05) is 25.9 Å². The van der Waals surface area contributed by atoms with Crippen LogP contribution in [0.1, 0.15) is 63.6 Å². The van der Waals surface area contributed by atoms with Crippen LogP contribution < -0.4 is 5.32 Å². The lowest BCUT2D eigenvalue weighted by molar-refractivity contribution is -0.122. The second kappa shape index (κ2) is 5.40. The normalized spacial score (nSPS) is 30.4. The Labute approximate surface area is 124 Å². The summed E-state index contributed by atoms with van der Waals surface area (Å²) >= 11 is 0. The van der Waals surface area contributed by atoms with Crippen molar-refractivity contribution in [1.82, 2.24) is 15.5 Å². The molecule has 1 N–H and O–H groups in total. The molecule has 0 spiro atoms. The first-order valence-electron chi connectivity index (χ1n) is 7.67.